The molecule has 1 N–H and O–H groups in total. The molecule has 0 aromatic carbocycles. The van der Waals surface area contributed by atoms with Gasteiger partial charge in [-0.1, -0.05) is 73.8 Å². The quantitative estimate of drug-likeness (QED) is 0.211. The number of rotatable bonds is 16. The maximum atomic E-state index is 12.5. The van der Waals surface area contributed by atoms with Crippen molar-refractivity contribution in [1.82, 2.24) is 15.2 Å². The van der Waals surface area contributed by atoms with Crippen molar-refractivity contribution in [3.63, 3.8) is 0 Å². The van der Waals surface area contributed by atoms with Crippen molar-refractivity contribution in [3.8, 4) is 0 Å². The molecule has 1 saturated heterocycles. The highest BCUT2D eigenvalue weighted by molar-refractivity contribution is 5.92. The van der Waals surface area contributed by atoms with E-state index in [1.54, 1.807) is 24.4 Å². The first-order valence-corrected chi connectivity index (χ1v) is 13.4. The number of nitrogens with zero attached hydrogens (tertiary/aromatic N) is 2. The Kier molecular flexibility index (Phi) is 15.3. The Hall–Kier alpha value is -3.21. The second-order valence-corrected chi connectivity index (χ2v) is 9.02. The first-order chi connectivity index (χ1) is 17.7. The van der Waals surface area contributed by atoms with Crippen molar-refractivity contribution in [2.45, 2.75) is 64.7 Å². The third-order valence-electron chi connectivity index (χ3n) is 6.01. The van der Waals surface area contributed by atoms with Crippen LogP contribution in [0.1, 0.15) is 75.2 Å². The number of pyridine rings is 1. The third-order valence-corrected chi connectivity index (χ3v) is 6.01. The maximum absolute atomic E-state index is 12.5. The average molecular weight is 490 g/mol. The Labute approximate surface area is 217 Å². The van der Waals surface area contributed by atoms with Gasteiger partial charge in [-0.15, -0.1) is 0 Å². The molecule has 1 aliphatic rings. The number of hydrogen-bond donors (Lipinski definition) is 1. The van der Waals surface area contributed by atoms with Gasteiger partial charge in [0.05, 0.1) is 0 Å². The summed E-state index contributed by atoms with van der Waals surface area (Å²) >= 11 is 0. The molecular weight excluding hydrogens is 446 g/mol. The molecule has 1 aromatic rings. The molecule has 5 nitrogen and oxygen atoms in total. The van der Waals surface area contributed by atoms with Crippen molar-refractivity contribution < 1.29 is 9.59 Å². The van der Waals surface area contributed by atoms with Gasteiger partial charge in [0, 0.05) is 32.3 Å². The summed E-state index contributed by atoms with van der Waals surface area (Å²) in [5.74, 6) is 0.380. The van der Waals surface area contributed by atoms with E-state index in [1.807, 2.05) is 4.90 Å². The molecule has 2 rings (SSSR count). The summed E-state index contributed by atoms with van der Waals surface area (Å²) in [5, 5.41) is 2.94. The number of allylic oxidation sites excluding steroid dienone is 10. The molecule has 2 amide bonds. The van der Waals surface area contributed by atoms with Gasteiger partial charge in [-0.2, -0.15) is 0 Å². The number of amides is 2. The Balaban J connectivity index is 1.47. The van der Waals surface area contributed by atoms with Crippen LogP contribution in [0.5, 0.6) is 0 Å². The van der Waals surface area contributed by atoms with Crippen LogP contribution in [-0.2, 0) is 4.79 Å². The van der Waals surface area contributed by atoms with Gasteiger partial charge in [-0.25, -0.2) is 0 Å². The van der Waals surface area contributed by atoms with E-state index >= 15 is 0 Å². The van der Waals surface area contributed by atoms with Crippen LogP contribution >= 0.6 is 0 Å². The molecule has 0 radical (unpaired) electrons. The maximum Gasteiger partial charge on any atom is 0.269 e. The van der Waals surface area contributed by atoms with Crippen LogP contribution in [0.25, 0.3) is 0 Å². The predicted octanol–water partition coefficient (Wildman–Crippen LogP) is 6.58. The van der Waals surface area contributed by atoms with E-state index in [-0.39, 0.29) is 11.8 Å². The third kappa shape index (κ3) is 13.0. The Morgan fingerprint density at radius 3 is 2.19 bits per heavy atom. The fourth-order valence-corrected chi connectivity index (χ4v) is 3.95. The molecule has 5 heteroatoms. The van der Waals surface area contributed by atoms with Gasteiger partial charge < -0.3 is 10.2 Å². The second kappa shape index (κ2) is 19.0. The number of likely N-dealkylation sites (tertiary alicyclic amines) is 1. The van der Waals surface area contributed by atoms with E-state index in [2.05, 4.69) is 78.0 Å². The number of hydrogen-bond acceptors (Lipinski definition) is 3. The van der Waals surface area contributed by atoms with Crippen LogP contribution in [0.4, 0.5) is 0 Å². The SMILES string of the molecule is CCC=CCC=CCC=CCC=CCC=CCCCC(=O)N1CCC(CNC(=O)c2ccccn2)C1. The molecule has 194 valence electrons. The van der Waals surface area contributed by atoms with Gasteiger partial charge >= 0.3 is 0 Å². The molecule has 1 atom stereocenters. The Morgan fingerprint density at radius 2 is 1.58 bits per heavy atom. The lowest BCUT2D eigenvalue weighted by Crippen LogP contribution is -2.33. The minimum atomic E-state index is -0.155. The number of nitrogens with one attached hydrogen (secondary N) is 1. The lowest BCUT2D eigenvalue weighted by Gasteiger charge is -2.16. The van der Waals surface area contributed by atoms with Gasteiger partial charge in [0.25, 0.3) is 5.91 Å². The molecule has 1 unspecified atom stereocenters. The fraction of sp³-hybridized carbons (Fsp3) is 0.452. The summed E-state index contributed by atoms with van der Waals surface area (Å²) in [6.45, 7) is 4.24. The lowest BCUT2D eigenvalue weighted by atomic mass is 10.1. The van der Waals surface area contributed by atoms with E-state index in [4.69, 9.17) is 0 Å². The summed E-state index contributed by atoms with van der Waals surface area (Å²) < 4.78 is 0. The van der Waals surface area contributed by atoms with Crippen LogP contribution in [0.15, 0.2) is 85.2 Å². The van der Waals surface area contributed by atoms with E-state index in [0.29, 0.717) is 24.6 Å². The van der Waals surface area contributed by atoms with Crippen molar-refractivity contribution in [1.29, 1.82) is 0 Å². The molecule has 0 aliphatic carbocycles. The van der Waals surface area contributed by atoms with Crippen molar-refractivity contribution in [3.05, 3.63) is 90.9 Å². The molecule has 1 fully saturated rings. The largest absolute Gasteiger partial charge is 0.350 e. The summed E-state index contributed by atoms with van der Waals surface area (Å²) in [7, 11) is 0. The fourth-order valence-electron chi connectivity index (χ4n) is 3.95. The molecule has 0 bridgehead atoms. The van der Waals surface area contributed by atoms with Crippen molar-refractivity contribution in [2.75, 3.05) is 19.6 Å². The van der Waals surface area contributed by atoms with Crippen LogP contribution in [0.3, 0.4) is 0 Å². The van der Waals surface area contributed by atoms with Gasteiger partial charge in [-0.3, -0.25) is 14.6 Å². The van der Waals surface area contributed by atoms with Crippen LogP contribution in [-0.4, -0.2) is 41.3 Å². The smallest absolute Gasteiger partial charge is 0.269 e. The molecule has 1 aliphatic heterocycles. The number of carbonyl (C=O) groups excluding carboxylic acids is 2. The monoisotopic (exact) mass is 489 g/mol. The number of unbranched alkanes of at least 4 members (excludes halogenated alkanes) is 1. The molecule has 1 aromatic heterocycles. The summed E-state index contributed by atoms with van der Waals surface area (Å²) in [5.41, 5.74) is 0.429. The molecule has 2 heterocycles. The highest BCUT2D eigenvalue weighted by Gasteiger charge is 2.26. The molecular formula is C31H43N3O2. The minimum Gasteiger partial charge on any atom is -0.350 e. The zero-order chi connectivity index (χ0) is 25.7. The standard InChI is InChI=1S/C31H43N3O2/c1-2-3-4-5-6-7-8-9-10-11-12-13-14-15-16-17-18-22-30(35)34-25-23-28(27-34)26-33-31(36)29-21-19-20-24-32-29/h3-4,6-7,9-10,12-13,15-16,19-21,24,28H,2,5,8,11,14,17-18,22-23,25-27H2,1H3,(H,33,36). The summed E-state index contributed by atoms with van der Waals surface area (Å²) in [6, 6.07) is 5.30. The van der Waals surface area contributed by atoms with Gasteiger partial charge in [0.1, 0.15) is 5.69 Å². The Bertz CT molecular complexity index is 900. The summed E-state index contributed by atoms with van der Waals surface area (Å²) in [4.78, 5) is 30.6. The van der Waals surface area contributed by atoms with Crippen molar-refractivity contribution >= 4 is 11.8 Å². The van der Waals surface area contributed by atoms with Crippen molar-refractivity contribution in [2.24, 2.45) is 5.92 Å². The molecule has 36 heavy (non-hydrogen) atoms. The van der Waals surface area contributed by atoms with Crippen LogP contribution < -0.4 is 5.32 Å². The zero-order valence-electron chi connectivity index (χ0n) is 21.9. The van der Waals surface area contributed by atoms with Gasteiger partial charge in [0.15, 0.2) is 0 Å². The first-order valence-electron chi connectivity index (χ1n) is 13.4. The van der Waals surface area contributed by atoms with E-state index in [1.165, 1.54) is 0 Å². The minimum absolute atomic E-state index is 0.155. The first kappa shape index (κ1) is 29.0. The highest BCUT2D eigenvalue weighted by atomic mass is 16.2. The van der Waals surface area contributed by atoms with E-state index < -0.39 is 0 Å². The Morgan fingerprint density at radius 1 is 0.944 bits per heavy atom. The van der Waals surface area contributed by atoms with Crippen LogP contribution in [0.2, 0.25) is 0 Å². The summed E-state index contributed by atoms with van der Waals surface area (Å²) in [6.07, 6.45) is 31.9. The second-order valence-electron chi connectivity index (χ2n) is 9.02. The number of carbonyl (C=O) groups is 2. The van der Waals surface area contributed by atoms with Crippen LogP contribution in [0, 0.1) is 5.92 Å². The van der Waals surface area contributed by atoms with E-state index in [0.717, 1.165) is 64.5 Å². The number of aromatic nitrogens is 1. The zero-order valence-corrected chi connectivity index (χ0v) is 21.9. The highest BCUT2D eigenvalue weighted by Crippen LogP contribution is 2.17. The molecule has 0 saturated carbocycles. The normalized spacial score (nSPS) is 16.5. The average Bonchev–Trinajstić information content (AvgIpc) is 3.39. The lowest BCUT2D eigenvalue weighted by molar-refractivity contribution is -0.130. The van der Waals surface area contributed by atoms with Gasteiger partial charge in [0.2, 0.25) is 5.91 Å². The topological polar surface area (TPSA) is 62.3 Å². The predicted molar refractivity (Wildman–Crippen MR) is 150 cm³/mol. The molecule has 0 spiro atoms. The van der Waals surface area contributed by atoms with Gasteiger partial charge in [-0.05, 0) is 69.4 Å². The van der Waals surface area contributed by atoms with E-state index in [9.17, 15) is 9.59 Å².